The molecule has 0 aliphatic carbocycles. The predicted octanol–water partition coefficient (Wildman–Crippen LogP) is 1.85. The summed E-state index contributed by atoms with van der Waals surface area (Å²) >= 11 is 0. The van der Waals surface area contributed by atoms with Crippen LogP contribution in [0.5, 0.6) is 0 Å². The zero-order chi connectivity index (χ0) is 12.1. The van der Waals surface area contributed by atoms with Crippen molar-refractivity contribution in [3.63, 3.8) is 0 Å². The van der Waals surface area contributed by atoms with E-state index in [2.05, 4.69) is 0 Å². The summed E-state index contributed by atoms with van der Waals surface area (Å²) in [6, 6.07) is 5.36. The van der Waals surface area contributed by atoms with Gasteiger partial charge in [-0.15, -0.1) is 0 Å². The molecule has 0 saturated carbocycles. The van der Waals surface area contributed by atoms with Crippen molar-refractivity contribution in [2.45, 2.75) is 26.3 Å². The summed E-state index contributed by atoms with van der Waals surface area (Å²) in [5, 5.41) is 0. The third kappa shape index (κ3) is 3.15. The second-order valence-corrected chi connectivity index (χ2v) is 4.07. The van der Waals surface area contributed by atoms with Crippen LogP contribution >= 0.6 is 0 Å². The average molecular weight is 221 g/mol. The summed E-state index contributed by atoms with van der Waals surface area (Å²) in [4.78, 5) is 12.0. The zero-order valence-electron chi connectivity index (χ0n) is 10.1. The van der Waals surface area contributed by atoms with Gasteiger partial charge in [0, 0.05) is 19.3 Å². The highest BCUT2D eigenvalue weighted by molar-refractivity contribution is 6.01. The Morgan fingerprint density at radius 1 is 1.44 bits per heavy atom. The first-order chi connectivity index (χ1) is 7.56. The molecule has 3 heteroatoms. The van der Waals surface area contributed by atoms with Gasteiger partial charge in [-0.2, -0.15) is 0 Å². The molecule has 88 valence electrons. The molecule has 1 aromatic carbocycles. The summed E-state index contributed by atoms with van der Waals surface area (Å²) in [5.74, 6) is -0.00162. The first-order valence-electron chi connectivity index (χ1n) is 5.42. The number of hydrogen-bond acceptors (Lipinski definition) is 3. The van der Waals surface area contributed by atoms with Crippen molar-refractivity contribution < 1.29 is 9.53 Å². The van der Waals surface area contributed by atoms with Gasteiger partial charge >= 0.3 is 0 Å². The maximum absolute atomic E-state index is 12.0. The lowest BCUT2D eigenvalue weighted by molar-refractivity contribution is 0.0934. The molecule has 1 aromatic rings. The number of aryl methyl sites for hydroxylation is 2. The first-order valence-corrected chi connectivity index (χ1v) is 5.42. The number of nitrogens with two attached hydrogens (primary N) is 1. The first kappa shape index (κ1) is 12.9. The summed E-state index contributed by atoms with van der Waals surface area (Å²) in [5.41, 5.74) is 8.60. The normalized spacial score (nSPS) is 12.5. The number of hydrogen-bond donors (Lipinski definition) is 1. The highest BCUT2D eigenvalue weighted by Crippen LogP contribution is 2.13. The van der Waals surface area contributed by atoms with E-state index in [9.17, 15) is 4.79 Å². The fourth-order valence-electron chi connectivity index (χ4n) is 1.58. The topological polar surface area (TPSA) is 52.3 Å². The van der Waals surface area contributed by atoms with Gasteiger partial charge in [-0.05, 0) is 31.9 Å². The van der Waals surface area contributed by atoms with Gasteiger partial charge in [-0.1, -0.05) is 17.7 Å². The highest BCUT2D eigenvalue weighted by Gasteiger charge is 2.17. The van der Waals surface area contributed by atoms with Crippen LogP contribution in [0.25, 0.3) is 0 Å². The molecule has 0 heterocycles. The molecule has 2 N–H and O–H groups in total. The van der Waals surface area contributed by atoms with Gasteiger partial charge < -0.3 is 10.5 Å². The van der Waals surface area contributed by atoms with Crippen LogP contribution in [0.4, 0.5) is 0 Å². The van der Waals surface area contributed by atoms with E-state index >= 15 is 0 Å². The number of ether oxygens (including phenoxy) is 1. The lowest BCUT2D eigenvalue weighted by Crippen LogP contribution is -2.32. The molecule has 0 aliphatic rings. The van der Waals surface area contributed by atoms with Crippen LogP contribution in [-0.4, -0.2) is 25.5 Å². The van der Waals surface area contributed by atoms with Crippen molar-refractivity contribution in [2.24, 2.45) is 5.73 Å². The van der Waals surface area contributed by atoms with E-state index in [0.717, 1.165) is 16.7 Å². The number of ketones is 1. The summed E-state index contributed by atoms with van der Waals surface area (Å²) in [6.07, 6.45) is 0.558. The summed E-state index contributed by atoms with van der Waals surface area (Å²) < 4.78 is 4.92. The molecule has 0 amide bonds. The second-order valence-electron chi connectivity index (χ2n) is 4.07. The van der Waals surface area contributed by atoms with E-state index in [4.69, 9.17) is 10.5 Å². The third-order valence-corrected chi connectivity index (χ3v) is 2.63. The Hall–Kier alpha value is -1.19. The minimum atomic E-state index is -0.472. The average Bonchev–Trinajstić information content (AvgIpc) is 2.28. The molecule has 0 aliphatic heterocycles. The number of rotatable bonds is 5. The maximum Gasteiger partial charge on any atom is 0.179 e. The molecule has 3 nitrogen and oxygen atoms in total. The summed E-state index contributed by atoms with van der Waals surface area (Å²) in [7, 11) is 1.61. The number of carbonyl (C=O) groups is 1. The molecule has 0 spiro atoms. The van der Waals surface area contributed by atoms with Crippen molar-refractivity contribution in [1.82, 2.24) is 0 Å². The van der Waals surface area contributed by atoms with Crippen molar-refractivity contribution in [3.05, 3.63) is 34.9 Å². The Bertz CT molecular complexity index is 374. The molecular formula is C13H19NO2. The third-order valence-electron chi connectivity index (χ3n) is 2.63. The molecular weight excluding hydrogens is 202 g/mol. The molecule has 0 saturated heterocycles. The van der Waals surface area contributed by atoms with Gasteiger partial charge in [0.2, 0.25) is 0 Å². The van der Waals surface area contributed by atoms with E-state index in [1.165, 1.54) is 0 Å². The predicted molar refractivity (Wildman–Crippen MR) is 64.7 cm³/mol. The number of methoxy groups -OCH3 is 1. The van der Waals surface area contributed by atoms with Crippen molar-refractivity contribution in [3.8, 4) is 0 Å². The Morgan fingerprint density at radius 3 is 2.75 bits per heavy atom. The van der Waals surface area contributed by atoms with Crippen LogP contribution in [0.15, 0.2) is 18.2 Å². The lowest BCUT2D eigenvalue weighted by atomic mass is 9.97. The van der Waals surface area contributed by atoms with Gasteiger partial charge in [-0.25, -0.2) is 0 Å². The molecule has 16 heavy (non-hydrogen) atoms. The highest BCUT2D eigenvalue weighted by atomic mass is 16.5. The van der Waals surface area contributed by atoms with Crippen LogP contribution in [-0.2, 0) is 4.74 Å². The van der Waals surface area contributed by atoms with Crippen molar-refractivity contribution >= 4 is 5.78 Å². The largest absolute Gasteiger partial charge is 0.385 e. The van der Waals surface area contributed by atoms with Gasteiger partial charge in [0.1, 0.15) is 0 Å². The van der Waals surface area contributed by atoms with Crippen LogP contribution in [0.2, 0.25) is 0 Å². The summed E-state index contributed by atoms with van der Waals surface area (Å²) in [6.45, 7) is 4.41. The molecule has 0 radical (unpaired) electrons. The maximum atomic E-state index is 12.0. The van der Waals surface area contributed by atoms with E-state index < -0.39 is 6.04 Å². The minimum absolute atomic E-state index is 0.00162. The number of carbonyl (C=O) groups excluding carboxylic acids is 1. The fraction of sp³-hybridized carbons (Fsp3) is 0.462. The van der Waals surface area contributed by atoms with Crippen LogP contribution < -0.4 is 5.73 Å². The Labute approximate surface area is 96.6 Å². The van der Waals surface area contributed by atoms with Gasteiger partial charge in [0.05, 0.1) is 6.04 Å². The molecule has 0 bridgehead atoms. The fourth-order valence-corrected chi connectivity index (χ4v) is 1.58. The van der Waals surface area contributed by atoms with Crippen molar-refractivity contribution in [2.75, 3.05) is 13.7 Å². The van der Waals surface area contributed by atoms with E-state index in [-0.39, 0.29) is 5.78 Å². The Morgan fingerprint density at radius 2 is 2.12 bits per heavy atom. The number of Topliss-reactive ketones (excluding diaryl/α,β-unsaturated/α-hetero) is 1. The lowest BCUT2D eigenvalue weighted by Gasteiger charge is -2.12. The van der Waals surface area contributed by atoms with Crippen LogP contribution in [0.3, 0.4) is 0 Å². The quantitative estimate of drug-likeness (QED) is 0.772. The molecule has 0 fully saturated rings. The Balaban J connectivity index is 2.83. The second kappa shape index (κ2) is 5.77. The standard InChI is InChI=1S/C13H19NO2/c1-9-4-5-10(2)11(8-9)13(15)12(14)6-7-16-3/h4-5,8,12H,6-7,14H2,1-3H3. The molecule has 0 aromatic heterocycles. The minimum Gasteiger partial charge on any atom is -0.385 e. The SMILES string of the molecule is COCCC(N)C(=O)c1cc(C)ccc1C. The van der Waals surface area contributed by atoms with Gasteiger partial charge in [-0.3, -0.25) is 4.79 Å². The smallest absolute Gasteiger partial charge is 0.179 e. The van der Waals surface area contributed by atoms with Crippen LogP contribution in [0, 0.1) is 13.8 Å². The van der Waals surface area contributed by atoms with Crippen molar-refractivity contribution in [1.29, 1.82) is 0 Å². The molecule has 1 atom stereocenters. The van der Waals surface area contributed by atoms with Gasteiger partial charge in [0.15, 0.2) is 5.78 Å². The molecule has 1 rings (SSSR count). The number of benzene rings is 1. The monoisotopic (exact) mass is 221 g/mol. The van der Waals surface area contributed by atoms with E-state index in [0.29, 0.717) is 13.0 Å². The van der Waals surface area contributed by atoms with Gasteiger partial charge in [0.25, 0.3) is 0 Å². The van der Waals surface area contributed by atoms with E-state index in [1.807, 2.05) is 32.0 Å². The zero-order valence-corrected chi connectivity index (χ0v) is 10.1. The van der Waals surface area contributed by atoms with E-state index in [1.54, 1.807) is 7.11 Å². The Kier molecular flexibility index (Phi) is 4.65. The van der Waals surface area contributed by atoms with Crippen LogP contribution in [0.1, 0.15) is 27.9 Å². The molecule has 1 unspecified atom stereocenters.